The summed E-state index contributed by atoms with van der Waals surface area (Å²) in [6.45, 7) is 5.85. The van der Waals surface area contributed by atoms with Gasteiger partial charge in [0.05, 0.1) is 5.41 Å². The zero-order valence-electron chi connectivity index (χ0n) is 12.1. The molecule has 1 saturated carbocycles. The van der Waals surface area contributed by atoms with E-state index in [0.717, 1.165) is 58.3 Å². The number of carboxylic acid groups (broad SMARTS) is 1. The van der Waals surface area contributed by atoms with E-state index in [0.29, 0.717) is 0 Å². The fourth-order valence-electron chi connectivity index (χ4n) is 2.85. The van der Waals surface area contributed by atoms with Crippen LogP contribution in [-0.2, 0) is 4.79 Å². The second-order valence-electron chi connectivity index (χ2n) is 5.87. The first kappa shape index (κ1) is 15.4. The van der Waals surface area contributed by atoms with Crippen molar-refractivity contribution in [1.29, 1.82) is 0 Å². The molecule has 106 valence electrons. The van der Waals surface area contributed by atoms with E-state index in [4.69, 9.17) is 0 Å². The number of carboxylic acids is 1. The topological polar surface area (TPSA) is 43.8 Å². The number of nitrogens with zero attached hydrogens (tertiary/aromatic N) is 2. The van der Waals surface area contributed by atoms with Crippen LogP contribution in [0.25, 0.3) is 0 Å². The normalized spacial score (nSPS) is 18.7. The van der Waals surface area contributed by atoms with Gasteiger partial charge in [-0.15, -0.1) is 0 Å². The third kappa shape index (κ3) is 4.25. The van der Waals surface area contributed by atoms with Gasteiger partial charge in [-0.1, -0.05) is 19.8 Å². The zero-order valence-corrected chi connectivity index (χ0v) is 12.1. The molecule has 1 rings (SSSR count). The molecule has 0 radical (unpaired) electrons. The number of aliphatic carboxylic acids is 1. The van der Waals surface area contributed by atoms with Gasteiger partial charge in [-0.05, 0) is 39.9 Å². The van der Waals surface area contributed by atoms with E-state index in [1.807, 2.05) is 0 Å². The second-order valence-corrected chi connectivity index (χ2v) is 5.87. The Hall–Kier alpha value is -0.610. The standard InChI is InChI=1S/C14H28N2O2/c1-4-9-16(11-10-15(2)3)12-14(13(17)18)7-5-6-8-14/h4-12H2,1-3H3,(H,17,18). The van der Waals surface area contributed by atoms with Gasteiger partial charge in [-0.2, -0.15) is 0 Å². The molecule has 0 aromatic rings. The van der Waals surface area contributed by atoms with Gasteiger partial charge in [-0.3, -0.25) is 4.79 Å². The van der Waals surface area contributed by atoms with Gasteiger partial charge in [0.2, 0.25) is 0 Å². The number of likely N-dealkylation sites (N-methyl/N-ethyl adjacent to an activating group) is 1. The van der Waals surface area contributed by atoms with Crippen molar-refractivity contribution in [1.82, 2.24) is 9.80 Å². The number of rotatable bonds is 8. The molecule has 0 heterocycles. The maximum absolute atomic E-state index is 11.6. The van der Waals surface area contributed by atoms with Crippen molar-refractivity contribution in [3.63, 3.8) is 0 Å². The lowest BCUT2D eigenvalue weighted by Gasteiger charge is -2.32. The van der Waals surface area contributed by atoms with Crippen molar-refractivity contribution < 1.29 is 9.90 Å². The number of hydrogen-bond donors (Lipinski definition) is 1. The first-order valence-electron chi connectivity index (χ1n) is 7.10. The van der Waals surface area contributed by atoms with Crippen LogP contribution in [-0.4, -0.2) is 61.2 Å². The molecule has 0 spiro atoms. The molecular weight excluding hydrogens is 228 g/mol. The summed E-state index contributed by atoms with van der Waals surface area (Å²) in [5.74, 6) is -0.592. The summed E-state index contributed by atoms with van der Waals surface area (Å²) in [5, 5.41) is 9.52. The van der Waals surface area contributed by atoms with Crippen LogP contribution < -0.4 is 0 Å². The van der Waals surface area contributed by atoms with E-state index in [2.05, 4.69) is 30.8 Å². The minimum Gasteiger partial charge on any atom is -0.481 e. The van der Waals surface area contributed by atoms with Crippen LogP contribution in [0.2, 0.25) is 0 Å². The SMILES string of the molecule is CCCN(CCN(C)C)CC1(C(=O)O)CCCC1. The third-order valence-electron chi connectivity index (χ3n) is 3.94. The molecule has 0 amide bonds. The lowest BCUT2D eigenvalue weighted by Crippen LogP contribution is -2.44. The first-order chi connectivity index (χ1) is 8.50. The Bertz CT molecular complexity index is 261. The van der Waals surface area contributed by atoms with Crippen molar-refractivity contribution in [2.45, 2.75) is 39.0 Å². The van der Waals surface area contributed by atoms with Crippen LogP contribution >= 0.6 is 0 Å². The minimum absolute atomic E-state index is 0.471. The Balaban J connectivity index is 2.59. The molecule has 1 N–H and O–H groups in total. The van der Waals surface area contributed by atoms with Crippen molar-refractivity contribution in [3.8, 4) is 0 Å². The fraction of sp³-hybridized carbons (Fsp3) is 0.929. The van der Waals surface area contributed by atoms with Crippen LogP contribution in [0.5, 0.6) is 0 Å². The molecule has 0 atom stereocenters. The van der Waals surface area contributed by atoms with E-state index in [9.17, 15) is 9.90 Å². The van der Waals surface area contributed by atoms with E-state index in [1.165, 1.54) is 0 Å². The van der Waals surface area contributed by atoms with Crippen molar-refractivity contribution in [2.24, 2.45) is 5.41 Å². The van der Waals surface area contributed by atoms with E-state index in [1.54, 1.807) is 0 Å². The highest BCUT2D eigenvalue weighted by Crippen LogP contribution is 2.39. The summed E-state index contributed by atoms with van der Waals surface area (Å²) >= 11 is 0. The smallest absolute Gasteiger partial charge is 0.310 e. The minimum atomic E-state index is -0.592. The summed E-state index contributed by atoms with van der Waals surface area (Å²) in [7, 11) is 4.12. The van der Waals surface area contributed by atoms with Gasteiger partial charge in [0, 0.05) is 19.6 Å². The van der Waals surface area contributed by atoms with E-state index >= 15 is 0 Å². The Labute approximate surface area is 111 Å². The van der Waals surface area contributed by atoms with Gasteiger partial charge >= 0.3 is 5.97 Å². The molecule has 1 aliphatic carbocycles. The van der Waals surface area contributed by atoms with Gasteiger partial charge in [0.25, 0.3) is 0 Å². The number of carbonyl (C=O) groups is 1. The first-order valence-corrected chi connectivity index (χ1v) is 7.10. The van der Waals surface area contributed by atoms with Crippen LogP contribution in [0.1, 0.15) is 39.0 Å². The van der Waals surface area contributed by atoms with E-state index in [-0.39, 0.29) is 0 Å². The molecule has 1 fully saturated rings. The molecule has 4 nitrogen and oxygen atoms in total. The highest BCUT2D eigenvalue weighted by atomic mass is 16.4. The lowest BCUT2D eigenvalue weighted by molar-refractivity contribution is -0.150. The van der Waals surface area contributed by atoms with E-state index < -0.39 is 11.4 Å². The van der Waals surface area contributed by atoms with Crippen molar-refractivity contribution in [2.75, 3.05) is 40.3 Å². The van der Waals surface area contributed by atoms with Crippen molar-refractivity contribution in [3.05, 3.63) is 0 Å². The Kier molecular flexibility index (Phi) is 6.09. The van der Waals surface area contributed by atoms with Gasteiger partial charge in [0.1, 0.15) is 0 Å². The molecule has 1 aliphatic rings. The quantitative estimate of drug-likeness (QED) is 0.720. The largest absolute Gasteiger partial charge is 0.481 e. The summed E-state index contributed by atoms with van der Waals surface area (Å²) in [6.07, 6.45) is 4.93. The average molecular weight is 256 g/mol. The Morgan fingerprint density at radius 1 is 1.17 bits per heavy atom. The monoisotopic (exact) mass is 256 g/mol. The summed E-state index contributed by atoms with van der Waals surface area (Å²) < 4.78 is 0. The highest BCUT2D eigenvalue weighted by Gasteiger charge is 2.42. The molecule has 0 aromatic heterocycles. The summed E-state index contributed by atoms with van der Waals surface area (Å²) in [6, 6.07) is 0. The third-order valence-corrected chi connectivity index (χ3v) is 3.94. The molecule has 0 aromatic carbocycles. The highest BCUT2D eigenvalue weighted by molar-refractivity contribution is 5.75. The lowest BCUT2D eigenvalue weighted by atomic mass is 9.85. The van der Waals surface area contributed by atoms with Crippen LogP contribution in [0.3, 0.4) is 0 Å². The maximum atomic E-state index is 11.6. The van der Waals surface area contributed by atoms with Crippen molar-refractivity contribution >= 4 is 5.97 Å². The van der Waals surface area contributed by atoms with Crippen LogP contribution in [0, 0.1) is 5.41 Å². The second kappa shape index (κ2) is 7.10. The van der Waals surface area contributed by atoms with Crippen LogP contribution in [0.4, 0.5) is 0 Å². The molecule has 0 bridgehead atoms. The Morgan fingerprint density at radius 2 is 1.78 bits per heavy atom. The van der Waals surface area contributed by atoms with Gasteiger partial charge < -0.3 is 14.9 Å². The predicted octanol–water partition coefficient (Wildman–Crippen LogP) is 1.91. The maximum Gasteiger partial charge on any atom is 0.310 e. The average Bonchev–Trinajstić information content (AvgIpc) is 2.76. The van der Waals surface area contributed by atoms with Gasteiger partial charge in [0.15, 0.2) is 0 Å². The predicted molar refractivity (Wildman–Crippen MR) is 73.8 cm³/mol. The van der Waals surface area contributed by atoms with Gasteiger partial charge in [-0.25, -0.2) is 0 Å². The molecular formula is C14H28N2O2. The molecule has 0 unspecified atom stereocenters. The molecule has 18 heavy (non-hydrogen) atoms. The fourth-order valence-corrected chi connectivity index (χ4v) is 2.85. The molecule has 0 aliphatic heterocycles. The summed E-state index contributed by atoms with van der Waals surface area (Å²) in [5.41, 5.74) is -0.471. The molecule has 4 heteroatoms. The summed E-state index contributed by atoms with van der Waals surface area (Å²) in [4.78, 5) is 16.1. The van der Waals surface area contributed by atoms with Crippen LogP contribution in [0.15, 0.2) is 0 Å². The Morgan fingerprint density at radius 3 is 2.22 bits per heavy atom. The number of hydrogen-bond acceptors (Lipinski definition) is 3. The zero-order chi connectivity index (χ0) is 13.6. The molecule has 0 saturated heterocycles.